The first kappa shape index (κ1) is 14.4. The van der Waals surface area contributed by atoms with Crippen LogP contribution < -0.4 is 0 Å². The number of furan rings is 1. The van der Waals surface area contributed by atoms with Crippen LogP contribution in [0.5, 0.6) is 0 Å². The zero-order valence-electron chi connectivity index (χ0n) is 11.9. The molecular formula is C16H18ClNO3. The molecule has 2 aromatic rings. The summed E-state index contributed by atoms with van der Waals surface area (Å²) in [6.45, 7) is 4.82. The predicted molar refractivity (Wildman–Crippen MR) is 81.9 cm³/mol. The molecule has 0 radical (unpaired) electrons. The van der Waals surface area contributed by atoms with Gasteiger partial charge in [0.1, 0.15) is 5.58 Å². The molecule has 1 N–H and O–H groups in total. The number of carboxylic acids is 1. The second-order valence-corrected chi connectivity index (χ2v) is 6.27. The average Bonchev–Trinajstić information content (AvgIpc) is 2.77. The average molecular weight is 308 g/mol. The molecule has 3 rings (SSSR count). The molecule has 1 aliphatic rings. The summed E-state index contributed by atoms with van der Waals surface area (Å²) < 4.78 is 5.50. The lowest BCUT2D eigenvalue weighted by Crippen LogP contribution is -2.34. The van der Waals surface area contributed by atoms with E-state index in [0.29, 0.717) is 23.1 Å². The number of nitrogens with zero attached hydrogens (tertiary/aromatic N) is 1. The molecule has 4 nitrogen and oxygen atoms in total. The third-order valence-corrected chi connectivity index (χ3v) is 4.31. The minimum absolute atomic E-state index is 0.0329. The summed E-state index contributed by atoms with van der Waals surface area (Å²) in [5, 5.41) is 10.8. The van der Waals surface area contributed by atoms with Gasteiger partial charge in [0.05, 0.1) is 0 Å². The summed E-state index contributed by atoms with van der Waals surface area (Å²) in [5.74, 6) is -0.346. The molecule has 1 atom stereocenters. The summed E-state index contributed by atoms with van der Waals surface area (Å²) in [6.07, 6.45) is 2.39. The van der Waals surface area contributed by atoms with Crippen molar-refractivity contribution in [3.63, 3.8) is 0 Å². The van der Waals surface area contributed by atoms with Gasteiger partial charge in [0.15, 0.2) is 0 Å². The summed E-state index contributed by atoms with van der Waals surface area (Å²) in [7, 11) is 0. The molecule has 0 amide bonds. The van der Waals surface area contributed by atoms with Gasteiger partial charge in [-0.1, -0.05) is 18.5 Å². The Balaban J connectivity index is 2.00. The number of fused-ring (bicyclic) bond motifs is 1. The van der Waals surface area contributed by atoms with Crippen LogP contribution in [-0.2, 0) is 6.54 Å². The molecule has 1 fully saturated rings. The molecule has 5 heteroatoms. The zero-order valence-corrected chi connectivity index (χ0v) is 12.7. The zero-order chi connectivity index (χ0) is 15.0. The highest BCUT2D eigenvalue weighted by Crippen LogP contribution is 2.30. The van der Waals surface area contributed by atoms with Crippen molar-refractivity contribution in [2.75, 3.05) is 13.1 Å². The van der Waals surface area contributed by atoms with Crippen molar-refractivity contribution in [2.24, 2.45) is 5.92 Å². The van der Waals surface area contributed by atoms with Crippen molar-refractivity contribution < 1.29 is 14.3 Å². The number of carboxylic acid groups (broad SMARTS) is 1. The van der Waals surface area contributed by atoms with E-state index in [1.54, 1.807) is 18.2 Å². The fourth-order valence-electron chi connectivity index (χ4n) is 3.10. The lowest BCUT2D eigenvalue weighted by atomic mass is 9.99. The maximum absolute atomic E-state index is 11.4. The Labute approximate surface area is 128 Å². The fourth-order valence-corrected chi connectivity index (χ4v) is 3.28. The minimum atomic E-state index is -1.03. The minimum Gasteiger partial charge on any atom is -0.475 e. The van der Waals surface area contributed by atoms with Gasteiger partial charge in [-0.3, -0.25) is 4.90 Å². The smallest absolute Gasteiger partial charge is 0.372 e. The Kier molecular flexibility index (Phi) is 3.91. The topological polar surface area (TPSA) is 53.7 Å². The first-order valence-electron chi connectivity index (χ1n) is 7.21. The van der Waals surface area contributed by atoms with E-state index in [1.807, 2.05) is 0 Å². The predicted octanol–water partition coefficient (Wildman–Crippen LogP) is 4.02. The van der Waals surface area contributed by atoms with E-state index in [2.05, 4.69) is 11.8 Å². The van der Waals surface area contributed by atoms with E-state index in [-0.39, 0.29) is 5.76 Å². The number of hydrogen-bond acceptors (Lipinski definition) is 3. The molecule has 21 heavy (non-hydrogen) atoms. The molecule has 1 aliphatic heterocycles. The third kappa shape index (κ3) is 2.92. The van der Waals surface area contributed by atoms with Gasteiger partial charge in [-0.05, 0) is 43.5 Å². The van der Waals surface area contributed by atoms with Crippen LogP contribution in [0.2, 0.25) is 5.02 Å². The molecular weight excluding hydrogens is 290 g/mol. The van der Waals surface area contributed by atoms with E-state index in [9.17, 15) is 9.90 Å². The van der Waals surface area contributed by atoms with Crippen molar-refractivity contribution in [2.45, 2.75) is 26.3 Å². The number of hydrogen-bond donors (Lipinski definition) is 1. The first-order chi connectivity index (χ1) is 10.0. The molecule has 0 spiro atoms. The fraction of sp³-hybridized carbons (Fsp3) is 0.438. The van der Waals surface area contributed by atoms with Crippen molar-refractivity contribution in [1.82, 2.24) is 4.90 Å². The van der Waals surface area contributed by atoms with Crippen LogP contribution in [0.1, 0.15) is 35.9 Å². The maximum Gasteiger partial charge on any atom is 0.372 e. The van der Waals surface area contributed by atoms with Crippen molar-refractivity contribution in [1.29, 1.82) is 0 Å². The highest BCUT2D eigenvalue weighted by molar-refractivity contribution is 6.31. The highest BCUT2D eigenvalue weighted by atomic mass is 35.5. The lowest BCUT2D eigenvalue weighted by molar-refractivity contribution is 0.0660. The Morgan fingerprint density at radius 3 is 3.05 bits per heavy atom. The summed E-state index contributed by atoms with van der Waals surface area (Å²) in [5.41, 5.74) is 1.31. The van der Waals surface area contributed by atoms with Crippen LogP contribution in [-0.4, -0.2) is 29.1 Å². The van der Waals surface area contributed by atoms with E-state index >= 15 is 0 Å². The lowest BCUT2D eigenvalue weighted by Gasteiger charge is -2.30. The standard InChI is InChI=1S/C16H18ClNO3/c1-10-3-2-6-18(8-10)9-13-12-7-11(17)4-5-14(12)21-15(13)16(19)20/h4-5,7,10H,2-3,6,8-9H2,1H3,(H,19,20). The van der Waals surface area contributed by atoms with E-state index in [0.717, 1.165) is 30.5 Å². The van der Waals surface area contributed by atoms with Gasteiger partial charge in [-0.2, -0.15) is 0 Å². The van der Waals surface area contributed by atoms with Crippen LogP contribution in [0.15, 0.2) is 22.6 Å². The first-order valence-corrected chi connectivity index (χ1v) is 7.59. The quantitative estimate of drug-likeness (QED) is 0.930. The number of likely N-dealkylation sites (tertiary alicyclic amines) is 1. The number of rotatable bonds is 3. The van der Waals surface area contributed by atoms with Gasteiger partial charge in [0.2, 0.25) is 5.76 Å². The molecule has 1 aromatic carbocycles. The molecule has 0 saturated carbocycles. The van der Waals surface area contributed by atoms with Crippen LogP contribution in [0.4, 0.5) is 0 Å². The largest absolute Gasteiger partial charge is 0.475 e. The Hall–Kier alpha value is -1.52. The Morgan fingerprint density at radius 1 is 1.52 bits per heavy atom. The van der Waals surface area contributed by atoms with Gasteiger partial charge in [0.25, 0.3) is 0 Å². The summed E-state index contributed by atoms with van der Waals surface area (Å²) in [6, 6.07) is 5.23. The molecule has 1 saturated heterocycles. The Bertz CT molecular complexity index is 679. The number of halogens is 1. The molecule has 1 aromatic heterocycles. The van der Waals surface area contributed by atoms with Crippen LogP contribution >= 0.6 is 11.6 Å². The second-order valence-electron chi connectivity index (χ2n) is 5.84. The summed E-state index contributed by atoms with van der Waals surface area (Å²) in [4.78, 5) is 13.7. The van der Waals surface area contributed by atoms with Crippen molar-refractivity contribution >= 4 is 28.5 Å². The summed E-state index contributed by atoms with van der Waals surface area (Å²) >= 11 is 6.04. The van der Waals surface area contributed by atoms with E-state index < -0.39 is 5.97 Å². The number of carbonyl (C=O) groups is 1. The van der Waals surface area contributed by atoms with Crippen molar-refractivity contribution in [3.8, 4) is 0 Å². The van der Waals surface area contributed by atoms with Crippen LogP contribution in [0.25, 0.3) is 11.0 Å². The number of piperidine rings is 1. The molecule has 112 valence electrons. The number of aromatic carboxylic acids is 1. The van der Waals surface area contributed by atoms with Crippen molar-refractivity contribution in [3.05, 3.63) is 34.5 Å². The molecule has 2 heterocycles. The third-order valence-electron chi connectivity index (χ3n) is 4.07. The van der Waals surface area contributed by atoms with Gasteiger partial charge in [0, 0.05) is 29.1 Å². The normalized spacial score (nSPS) is 20.0. The monoisotopic (exact) mass is 307 g/mol. The molecule has 0 bridgehead atoms. The SMILES string of the molecule is CC1CCCN(Cc2c(C(=O)O)oc3ccc(Cl)cc23)C1. The van der Waals surface area contributed by atoms with Crippen LogP contribution in [0.3, 0.4) is 0 Å². The van der Waals surface area contributed by atoms with Gasteiger partial charge in [-0.15, -0.1) is 0 Å². The second kappa shape index (κ2) is 5.70. The van der Waals surface area contributed by atoms with E-state index in [1.165, 1.54) is 6.42 Å². The van der Waals surface area contributed by atoms with Gasteiger partial charge >= 0.3 is 5.97 Å². The van der Waals surface area contributed by atoms with Crippen LogP contribution in [0, 0.1) is 5.92 Å². The highest BCUT2D eigenvalue weighted by Gasteiger charge is 2.24. The molecule has 1 unspecified atom stereocenters. The van der Waals surface area contributed by atoms with Gasteiger partial charge in [-0.25, -0.2) is 4.79 Å². The van der Waals surface area contributed by atoms with E-state index in [4.69, 9.17) is 16.0 Å². The maximum atomic E-state index is 11.4. The number of benzene rings is 1. The Morgan fingerprint density at radius 2 is 2.33 bits per heavy atom. The molecule has 0 aliphatic carbocycles. The van der Waals surface area contributed by atoms with Gasteiger partial charge < -0.3 is 9.52 Å².